The maximum absolute atomic E-state index is 13.5. The molecule has 30 heavy (non-hydrogen) atoms. The lowest BCUT2D eigenvalue weighted by Gasteiger charge is -2.15. The molecule has 0 unspecified atom stereocenters. The number of hydrogen-bond acceptors (Lipinski definition) is 6. The van der Waals surface area contributed by atoms with Gasteiger partial charge in [0, 0.05) is 11.8 Å². The molecule has 0 fully saturated rings. The molecule has 0 aliphatic carbocycles. The number of aromatic nitrogens is 3. The van der Waals surface area contributed by atoms with E-state index in [1.54, 1.807) is 25.4 Å². The van der Waals surface area contributed by atoms with Crippen LogP contribution in [0.2, 0.25) is 0 Å². The van der Waals surface area contributed by atoms with Gasteiger partial charge in [0.05, 0.1) is 25.7 Å². The molecule has 8 heteroatoms. The van der Waals surface area contributed by atoms with Crippen LogP contribution in [0.4, 0.5) is 0 Å². The number of carbonyl (C=O) groups excluding carboxylic acids is 1. The van der Waals surface area contributed by atoms with Gasteiger partial charge in [-0.2, -0.15) is 0 Å². The van der Waals surface area contributed by atoms with Gasteiger partial charge in [0.25, 0.3) is 5.56 Å². The van der Waals surface area contributed by atoms with E-state index in [0.29, 0.717) is 27.6 Å². The fraction of sp³-hybridized carbons (Fsp3) is 0.136. The first-order valence-corrected chi connectivity index (χ1v) is 10.1. The highest BCUT2D eigenvalue weighted by molar-refractivity contribution is 7.99. The van der Waals surface area contributed by atoms with Crippen LogP contribution in [-0.4, -0.2) is 40.5 Å². The summed E-state index contributed by atoms with van der Waals surface area (Å²) in [5.74, 6) is 0.142. The molecule has 0 amide bonds. The van der Waals surface area contributed by atoms with Gasteiger partial charge in [0.2, 0.25) is 0 Å². The molecule has 2 heterocycles. The maximum atomic E-state index is 13.5. The first kappa shape index (κ1) is 19.8. The monoisotopic (exact) mass is 421 g/mol. The van der Waals surface area contributed by atoms with Crippen LogP contribution in [-0.2, 0) is 9.53 Å². The Kier molecular flexibility index (Phi) is 5.58. The van der Waals surface area contributed by atoms with Gasteiger partial charge in [-0.25, -0.2) is 9.55 Å². The number of esters is 1. The van der Waals surface area contributed by atoms with E-state index in [0.717, 1.165) is 22.9 Å². The molecule has 0 saturated carbocycles. The fourth-order valence-electron chi connectivity index (χ4n) is 3.18. The van der Waals surface area contributed by atoms with Gasteiger partial charge in [-0.1, -0.05) is 54.2 Å². The van der Waals surface area contributed by atoms with E-state index in [2.05, 4.69) is 4.98 Å². The second-order valence-corrected chi connectivity index (χ2v) is 7.31. The van der Waals surface area contributed by atoms with Crippen LogP contribution < -0.4 is 10.3 Å². The quantitative estimate of drug-likeness (QED) is 0.291. The summed E-state index contributed by atoms with van der Waals surface area (Å²) in [6.45, 7) is 0. The number of H-pyrrole nitrogens is 1. The van der Waals surface area contributed by atoms with Crippen LogP contribution in [0.1, 0.15) is 0 Å². The number of aromatic amines is 1. The lowest BCUT2D eigenvalue weighted by atomic mass is 10.1. The van der Waals surface area contributed by atoms with Crippen LogP contribution in [0, 0.1) is 0 Å². The third kappa shape index (κ3) is 3.57. The first-order chi connectivity index (χ1) is 14.6. The van der Waals surface area contributed by atoms with E-state index < -0.39 is 5.97 Å². The van der Waals surface area contributed by atoms with E-state index in [1.165, 1.54) is 11.7 Å². The summed E-state index contributed by atoms with van der Waals surface area (Å²) in [5.41, 5.74) is 2.94. The number of nitrogens with zero attached hydrogens (tertiary/aromatic N) is 2. The van der Waals surface area contributed by atoms with Gasteiger partial charge >= 0.3 is 5.97 Å². The van der Waals surface area contributed by atoms with Crippen LogP contribution in [0.3, 0.4) is 0 Å². The zero-order chi connectivity index (χ0) is 21.1. The van der Waals surface area contributed by atoms with Crippen LogP contribution >= 0.6 is 11.8 Å². The van der Waals surface area contributed by atoms with Gasteiger partial charge in [-0.3, -0.25) is 9.59 Å². The minimum Gasteiger partial charge on any atom is -0.495 e. The second-order valence-electron chi connectivity index (χ2n) is 6.36. The Morgan fingerprint density at radius 1 is 1.10 bits per heavy atom. The maximum Gasteiger partial charge on any atom is 0.316 e. The molecule has 7 nitrogen and oxygen atoms in total. The predicted octanol–water partition coefficient (Wildman–Crippen LogP) is 3.65. The molecule has 152 valence electrons. The summed E-state index contributed by atoms with van der Waals surface area (Å²) in [6, 6.07) is 16.9. The number of methoxy groups -OCH3 is 2. The van der Waals surface area contributed by atoms with E-state index in [-0.39, 0.29) is 11.3 Å². The number of thioether (sulfide) groups is 1. The molecule has 1 N–H and O–H groups in total. The fourth-order valence-corrected chi connectivity index (χ4v) is 4.01. The second kappa shape index (κ2) is 8.46. The third-order valence-corrected chi connectivity index (χ3v) is 5.54. The number of para-hydroxylation sites is 2. The minimum absolute atomic E-state index is 0.0225. The SMILES string of the molecule is COC(=O)CSc1nc2c(-c3ccccc3)c[nH]c2c(=O)n1-c1ccccc1OC. The van der Waals surface area contributed by atoms with Crippen LogP contribution in [0.25, 0.3) is 27.8 Å². The Hall–Kier alpha value is -3.52. The van der Waals surface area contributed by atoms with E-state index >= 15 is 0 Å². The predicted molar refractivity (Wildman–Crippen MR) is 116 cm³/mol. The number of nitrogens with one attached hydrogen (secondary N) is 1. The highest BCUT2D eigenvalue weighted by Crippen LogP contribution is 2.30. The summed E-state index contributed by atoms with van der Waals surface area (Å²) in [5, 5.41) is 0.374. The minimum atomic E-state index is -0.404. The van der Waals surface area contributed by atoms with Crippen molar-refractivity contribution in [1.82, 2.24) is 14.5 Å². The van der Waals surface area contributed by atoms with E-state index in [9.17, 15) is 9.59 Å². The average Bonchev–Trinajstić information content (AvgIpc) is 3.22. The summed E-state index contributed by atoms with van der Waals surface area (Å²) in [6.07, 6.45) is 1.77. The molecule has 0 saturated heterocycles. The standard InChI is InChI=1S/C22H19N3O4S/c1-28-17-11-7-6-10-16(17)25-21(27)20-19(24-22(25)30-13-18(26)29-2)15(12-23-20)14-8-4-3-5-9-14/h3-12,23H,13H2,1-2H3. The van der Waals surface area contributed by atoms with Gasteiger partial charge in [0.1, 0.15) is 16.8 Å². The average molecular weight is 421 g/mol. The molecule has 0 atom stereocenters. The Bertz CT molecular complexity index is 1260. The van der Waals surface area contributed by atoms with Gasteiger partial charge in [-0.05, 0) is 17.7 Å². The molecule has 0 aliphatic heterocycles. The number of benzene rings is 2. The van der Waals surface area contributed by atoms with Crippen molar-refractivity contribution in [1.29, 1.82) is 0 Å². The molecule has 2 aromatic heterocycles. The highest BCUT2D eigenvalue weighted by atomic mass is 32.2. The molecule has 0 spiro atoms. The molecular formula is C22H19N3O4S. The largest absolute Gasteiger partial charge is 0.495 e. The highest BCUT2D eigenvalue weighted by Gasteiger charge is 2.20. The topological polar surface area (TPSA) is 86.2 Å². The molecule has 2 aromatic carbocycles. The number of ether oxygens (including phenoxy) is 2. The number of carbonyl (C=O) groups is 1. The summed E-state index contributed by atoms with van der Waals surface area (Å²) >= 11 is 1.14. The van der Waals surface area contributed by atoms with Crippen LogP contribution in [0.5, 0.6) is 5.75 Å². The number of hydrogen-bond donors (Lipinski definition) is 1. The van der Waals surface area contributed by atoms with Crippen molar-refractivity contribution in [2.45, 2.75) is 5.16 Å². The van der Waals surface area contributed by atoms with Crippen molar-refractivity contribution in [2.75, 3.05) is 20.0 Å². The summed E-state index contributed by atoms with van der Waals surface area (Å²) in [4.78, 5) is 33.1. The molecule has 0 bridgehead atoms. The normalized spacial score (nSPS) is 10.9. The zero-order valence-corrected chi connectivity index (χ0v) is 17.2. The first-order valence-electron chi connectivity index (χ1n) is 9.16. The van der Waals surface area contributed by atoms with Crippen molar-refractivity contribution in [3.8, 4) is 22.6 Å². The smallest absolute Gasteiger partial charge is 0.316 e. The Morgan fingerprint density at radius 3 is 2.57 bits per heavy atom. The third-order valence-electron chi connectivity index (χ3n) is 4.63. The summed E-state index contributed by atoms with van der Waals surface area (Å²) in [7, 11) is 2.87. The number of fused-ring (bicyclic) bond motifs is 1. The van der Waals surface area contributed by atoms with E-state index in [1.807, 2.05) is 42.5 Å². The lowest BCUT2D eigenvalue weighted by molar-refractivity contribution is -0.137. The van der Waals surface area contributed by atoms with Gasteiger partial charge in [-0.15, -0.1) is 0 Å². The van der Waals surface area contributed by atoms with E-state index in [4.69, 9.17) is 14.5 Å². The zero-order valence-electron chi connectivity index (χ0n) is 16.4. The number of rotatable bonds is 6. The molecular weight excluding hydrogens is 402 g/mol. The molecule has 0 aliphatic rings. The molecule has 4 aromatic rings. The van der Waals surface area contributed by atoms with Gasteiger partial charge in [0.15, 0.2) is 5.16 Å². The Balaban J connectivity index is 1.97. The molecule has 4 rings (SSSR count). The summed E-state index contributed by atoms with van der Waals surface area (Å²) < 4.78 is 11.7. The van der Waals surface area contributed by atoms with Crippen molar-refractivity contribution in [3.63, 3.8) is 0 Å². The van der Waals surface area contributed by atoms with Crippen molar-refractivity contribution in [3.05, 3.63) is 71.1 Å². The van der Waals surface area contributed by atoms with Crippen molar-refractivity contribution >= 4 is 28.8 Å². The Morgan fingerprint density at radius 2 is 1.83 bits per heavy atom. The van der Waals surface area contributed by atoms with Crippen molar-refractivity contribution in [2.24, 2.45) is 0 Å². The van der Waals surface area contributed by atoms with Gasteiger partial charge < -0.3 is 14.5 Å². The van der Waals surface area contributed by atoms with Crippen LogP contribution in [0.15, 0.2) is 70.7 Å². The van der Waals surface area contributed by atoms with Crippen molar-refractivity contribution < 1.29 is 14.3 Å². The molecule has 0 radical (unpaired) electrons. The Labute approximate surface area is 176 Å². The lowest BCUT2D eigenvalue weighted by Crippen LogP contribution is -2.23.